The van der Waals surface area contributed by atoms with Gasteiger partial charge in [-0.3, -0.25) is 4.90 Å². The Labute approximate surface area is 131 Å². The van der Waals surface area contributed by atoms with Crippen LogP contribution in [-0.4, -0.2) is 21.1 Å². The molecule has 5 nitrogen and oxygen atoms in total. The molecule has 0 fully saturated rings. The molecule has 1 unspecified atom stereocenters. The normalized spacial score (nSPS) is 12.2. The lowest BCUT2D eigenvalue weighted by Gasteiger charge is -2.27. The van der Waals surface area contributed by atoms with Gasteiger partial charge in [0.2, 0.25) is 5.89 Å². The first kappa shape index (κ1) is 17.6. The number of hydrogen-bond acceptors (Lipinski definition) is 5. The first-order valence-electron chi connectivity index (χ1n) is 7.02. The molecule has 0 spiro atoms. The van der Waals surface area contributed by atoms with Crippen LogP contribution < -0.4 is 5.73 Å². The zero-order valence-electron chi connectivity index (χ0n) is 12.5. The van der Waals surface area contributed by atoms with Crippen LogP contribution in [0.15, 0.2) is 34.9 Å². The van der Waals surface area contributed by atoms with E-state index in [1.54, 1.807) is 0 Å². The van der Waals surface area contributed by atoms with Gasteiger partial charge in [-0.2, -0.15) is 4.98 Å². The predicted octanol–water partition coefficient (Wildman–Crippen LogP) is 2.75. The minimum Gasteiger partial charge on any atom is -0.338 e. The Hall–Kier alpha value is -1.43. The summed E-state index contributed by atoms with van der Waals surface area (Å²) < 4.78 is 5.07. The van der Waals surface area contributed by atoms with Gasteiger partial charge in [0.15, 0.2) is 5.82 Å². The van der Waals surface area contributed by atoms with Gasteiger partial charge in [-0.25, -0.2) is 0 Å². The predicted molar refractivity (Wildman–Crippen MR) is 84.9 cm³/mol. The van der Waals surface area contributed by atoms with Crippen LogP contribution in [0.4, 0.5) is 0 Å². The Bertz CT molecular complexity index is 517. The van der Waals surface area contributed by atoms with Crippen molar-refractivity contribution >= 4 is 12.4 Å². The van der Waals surface area contributed by atoms with Crippen LogP contribution in [0.25, 0.3) is 0 Å². The Morgan fingerprint density at radius 3 is 2.52 bits per heavy atom. The fourth-order valence-electron chi connectivity index (χ4n) is 2.06. The maximum absolute atomic E-state index is 5.49. The Kier molecular flexibility index (Phi) is 7.36. The molecule has 0 amide bonds. The van der Waals surface area contributed by atoms with Gasteiger partial charge >= 0.3 is 0 Å². The molecule has 1 aromatic heterocycles. The third kappa shape index (κ3) is 5.12. The van der Waals surface area contributed by atoms with Crippen LogP contribution in [0.2, 0.25) is 0 Å². The molecule has 0 aliphatic rings. The smallest absolute Gasteiger partial charge is 0.240 e. The fraction of sp³-hybridized carbons (Fsp3) is 0.467. The minimum atomic E-state index is 0. The topological polar surface area (TPSA) is 68.2 Å². The summed E-state index contributed by atoms with van der Waals surface area (Å²) in [5.41, 5.74) is 6.78. The Morgan fingerprint density at radius 2 is 1.95 bits per heavy atom. The van der Waals surface area contributed by atoms with Crippen molar-refractivity contribution in [3.63, 3.8) is 0 Å². The van der Waals surface area contributed by atoms with Gasteiger partial charge in [0.25, 0.3) is 0 Å². The highest BCUT2D eigenvalue weighted by Crippen LogP contribution is 2.13. The van der Waals surface area contributed by atoms with Crippen molar-refractivity contribution < 1.29 is 4.52 Å². The zero-order valence-corrected chi connectivity index (χ0v) is 13.3. The fourth-order valence-corrected chi connectivity index (χ4v) is 2.06. The number of aromatic nitrogens is 2. The molecule has 1 atom stereocenters. The zero-order chi connectivity index (χ0) is 14.4. The Balaban J connectivity index is 0.00000220. The molecule has 0 saturated heterocycles. The molecule has 0 aliphatic heterocycles. The summed E-state index contributed by atoms with van der Waals surface area (Å²) in [4.78, 5) is 6.63. The van der Waals surface area contributed by atoms with Crippen LogP contribution in [0, 0.1) is 0 Å². The number of halogens is 1. The van der Waals surface area contributed by atoms with Crippen molar-refractivity contribution in [1.29, 1.82) is 0 Å². The van der Waals surface area contributed by atoms with Crippen molar-refractivity contribution in [2.75, 3.05) is 0 Å². The summed E-state index contributed by atoms with van der Waals surface area (Å²) in [5, 5.41) is 3.98. The molecular formula is C15H23ClN4O. The summed E-state index contributed by atoms with van der Waals surface area (Å²) in [6.45, 7) is 6.24. The molecule has 6 heteroatoms. The third-order valence-corrected chi connectivity index (χ3v) is 3.47. The van der Waals surface area contributed by atoms with Gasteiger partial charge in [0.1, 0.15) is 0 Å². The first-order chi connectivity index (χ1) is 9.72. The van der Waals surface area contributed by atoms with E-state index in [9.17, 15) is 0 Å². The van der Waals surface area contributed by atoms with Gasteiger partial charge in [-0.1, -0.05) is 42.4 Å². The maximum atomic E-state index is 5.49. The number of nitrogens with zero attached hydrogens (tertiary/aromatic N) is 3. The van der Waals surface area contributed by atoms with Gasteiger partial charge < -0.3 is 10.3 Å². The van der Waals surface area contributed by atoms with Crippen LogP contribution in [-0.2, 0) is 19.6 Å². The van der Waals surface area contributed by atoms with Gasteiger partial charge in [-0.05, 0) is 18.9 Å². The largest absolute Gasteiger partial charge is 0.338 e. The first-order valence-corrected chi connectivity index (χ1v) is 7.02. The van der Waals surface area contributed by atoms with E-state index in [1.165, 1.54) is 5.56 Å². The molecule has 2 rings (SSSR count). The second kappa shape index (κ2) is 8.77. The number of nitrogens with two attached hydrogens (primary N) is 1. The quantitative estimate of drug-likeness (QED) is 0.851. The average Bonchev–Trinajstić information content (AvgIpc) is 2.94. The van der Waals surface area contributed by atoms with E-state index in [-0.39, 0.29) is 19.0 Å². The molecule has 2 aromatic rings. The second-order valence-electron chi connectivity index (χ2n) is 4.96. The molecule has 1 aromatic carbocycles. The molecule has 0 aliphatic carbocycles. The molecule has 0 saturated carbocycles. The van der Waals surface area contributed by atoms with Crippen molar-refractivity contribution in [3.05, 3.63) is 47.6 Å². The highest BCUT2D eigenvalue weighted by Gasteiger charge is 2.16. The van der Waals surface area contributed by atoms with Crippen molar-refractivity contribution in [2.24, 2.45) is 5.73 Å². The van der Waals surface area contributed by atoms with E-state index in [0.29, 0.717) is 24.3 Å². The van der Waals surface area contributed by atoms with E-state index in [4.69, 9.17) is 10.3 Å². The third-order valence-electron chi connectivity index (χ3n) is 3.47. The SMILES string of the molecule is CCC(C)N(Cc1ccccc1)Cc1noc(CN)n1.Cl. The number of benzene rings is 1. The summed E-state index contributed by atoms with van der Waals surface area (Å²) in [5.74, 6) is 1.19. The number of hydrogen-bond donors (Lipinski definition) is 1. The lowest BCUT2D eigenvalue weighted by molar-refractivity contribution is 0.179. The summed E-state index contributed by atoms with van der Waals surface area (Å²) in [6, 6.07) is 10.9. The molecule has 2 N–H and O–H groups in total. The highest BCUT2D eigenvalue weighted by molar-refractivity contribution is 5.85. The molecule has 0 bridgehead atoms. The second-order valence-corrected chi connectivity index (χ2v) is 4.96. The van der Waals surface area contributed by atoms with Crippen molar-refractivity contribution in [3.8, 4) is 0 Å². The van der Waals surface area contributed by atoms with Gasteiger partial charge in [0.05, 0.1) is 13.1 Å². The lowest BCUT2D eigenvalue weighted by Crippen LogP contribution is -2.32. The van der Waals surface area contributed by atoms with Crippen LogP contribution in [0.1, 0.15) is 37.5 Å². The number of rotatable bonds is 7. The van der Waals surface area contributed by atoms with Crippen molar-refractivity contribution in [2.45, 2.75) is 45.9 Å². The van der Waals surface area contributed by atoms with E-state index in [0.717, 1.165) is 13.0 Å². The summed E-state index contributed by atoms with van der Waals surface area (Å²) >= 11 is 0. The standard InChI is InChI=1S/C15H22N4O.ClH/c1-3-12(2)19(10-13-7-5-4-6-8-13)11-14-17-15(9-16)20-18-14;/h4-8,12H,3,9-11,16H2,1-2H3;1H. The van der Waals surface area contributed by atoms with E-state index >= 15 is 0 Å². The molecule has 21 heavy (non-hydrogen) atoms. The van der Waals surface area contributed by atoms with Crippen LogP contribution in [0.3, 0.4) is 0 Å². The van der Waals surface area contributed by atoms with Crippen LogP contribution in [0.5, 0.6) is 0 Å². The van der Waals surface area contributed by atoms with Crippen molar-refractivity contribution in [1.82, 2.24) is 15.0 Å². The van der Waals surface area contributed by atoms with Crippen LogP contribution >= 0.6 is 12.4 Å². The molecule has 1 heterocycles. The average molecular weight is 311 g/mol. The summed E-state index contributed by atoms with van der Waals surface area (Å²) in [6.07, 6.45) is 1.08. The highest BCUT2D eigenvalue weighted by atomic mass is 35.5. The molecule has 0 radical (unpaired) electrons. The van der Waals surface area contributed by atoms with E-state index < -0.39 is 0 Å². The molecular weight excluding hydrogens is 288 g/mol. The molecule has 116 valence electrons. The minimum absolute atomic E-state index is 0. The van der Waals surface area contributed by atoms with E-state index in [1.807, 2.05) is 6.07 Å². The lowest BCUT2D eigenvalue weighted by atomic mass is 10.1. The Morgan fingerprint density at radius 1 is 1.24 bits per heavy atom. The van der Waals surface area contributed by atoms with E-state index in [2.05, 4.69) is 53.2 Å². The van der Waals surface area contributed by atoms with Gasteiger partial charge in [-0.15, -0.1) is 12.4 Å². The monoisotopic (exact) mass is 310 g/mol. The summed E-state index contributed by atoms with van der Waals surface area (Å²) in [7, 11) is 0. The maximum Gasteiger partial charge on any atom is 0.240 e. The van der Waals surface area contributed by atoms with Gasteiger partial charge in [0, 0.05) is 12.6 Å².